The first-order valence-electron chi connectivity index (χ1n) is 11.3. The first-order valence-corrected chi connectivity index (χ1v) is 11.3. The van der Waals surface area contributed by atoms with Gasteiger partial charge in [0, 0.05) is 18.2 Å². The minimum Gasteiger partial charge on any atom is -0.454 e. The second kappa shape index (κ2) is 9.58. The van der Waals surface area contributed by atoms with Crippen LogP contribution in [-0.4, -0.2) is 36.1 Å². The lowest BCUT2D eigenvalue weighted by atomic mass is 9.98. The number of nitrogens with zero attached hydrogens (tertiary/aromatic N) is 1. The highest BCUT2D eigenvalue weighted by Crippen LogP contribution is 2.30. The summed E-state index contributed by atoms with van der Waals surface area (Å²) < 4.78 is 5.21. The molecule has 0 fully saturated rings. The van der Waals surface area contributed by atoms with Gasteiger partial charge in [-0.15, -0.1) is 0 Å². The number of carbonyl (C=O) groups excluding carboxylic acids is 5. The van der Waals surface area contributed by atoms with Crippen LogP contribution in [0.2, 0.25) is 0 Å². The maximum atomic E-state index is 13.0. The number of aryl methyl sites for hydroxylation is 3. The quantitative estimate of drug-likeness (QED) is 0.315. The third-order valence-corrected chi connectivity index (χ3v) is 6.04. The van der Waals surface area contributed by atoms with Gasteiger partial charge in [-0.2, -0.15) is 0 Å². The van der Waals surface area contributed by atoms with Gasteiger partial charge in [0.2, 0.25) is 11.7 Å². The fourth-order valence-electron chi connectivity index (χ4n) is 4.05. The summed E-state index contributed by atoms with van der Waals surface area (Å²) >= 11 is 0. The number of Topliss-reactive ketones (excluding diaryl/α,β-unsaturated/α-hetero) is 1. The van der Waals surface area contributed by atoms with Crippen LogP contribution in [0.25, 0.3) is 0 Å². The van der Waals surface area contributed by atoms with Crippen molar-refractivity contribution in [3.05, 3.63) is 93.5 Å². The Morgan fingerprint density at radius 1 is 0.806 bits per heavy atom. The molecule has 0 atom stereocenters. The fourth-order valence-corrected chi connectivity index (χ4v) is 4.05. The van der Waals surface area contributed by atoms with Crippen LogP contribution in [0.4, 0.5) is 11.4 Å². The first-order chi connectivity index (χ1) is 17.1. The second-order valence-corrected chi connectivity index (χ2v) is 8.68. The molecule has 3 aromatic carbocycles. The van der Waals surface area contributed by atoms with Gasteiger partial charge in [-0.05, 0) is 86.0 Å². The van der Waals surface area contributed by atoms with Crippen LogP contribution in [-0.2, 0) is 9.53 Å². The lowest BCUT2D eigenvalue weighted by Gasteiger charge is -2.14. The van der Waals surface area contributed by atoms with E-state index >= 15 is 0 Å². The van der Waals surface area contributed by atoms with Gasteiger partial charge in [-0.3, -0.25) is 19.2 Å². The maximum Gasteiger partial charge on any atom is 0.338 e. The molecule has 3 aromatic rings. The Balaban J connectivity index is 1.49. The van der Waals surface area contributed by atoms with Crippen LogP contribution in [0.3, 0.4) is 0 Å². The number of anilines is 2. The molecule has 36 heavy (non-hydrogen) atoms. The number of nitrogens with one attached hydrogen (secondary N) is 1. The van der Waals surface area contributed by atoms with Crippen molar-refractivity contribution in [2.75, 3.05) is 16.8 Å². The maximum absolute atomic E-state index is 13.0. The molecule has 8 nitrogen and oxygen atoms in total. The van der Waals surface area contributed by atoms with E-state index in [2.05, 4.69) is 5.32 Å². The zero-order valence-corrected chi connectivity index (χ0v) is 20.3. The molecule has 0 unspecified atom stereocenters. The summed E-state index contributed by atoms with van der Waals surface area (Å²) in [5.41, 5.74) is 4.45. The molecule has 0 radical (unpaired) electrons. The SMILES string of the molecule is CC(=O)Nc1ccc(N2C(=O)c3ccc(C(=O)OCC(=O)c4cc(C)c(C)cc4C)cc3C2=O)cc1. The Morgan fingerprint density at radius 3 is 2.11 bits per heavy atom. The average molecular weight is 485 g/mol. The minimum atomic E-state index is -0.772. The Hall–Kier alpha value is -4.59. The zero-order valence-electron chi connectivity index (χ0n) is 20.3. The topological polar surface area (TPSA) is 110 Å². The number of hydrogen-bond donors (Lipinski definition) is 1. The number of rotatable bonds is 6. The van der Waals surface area contributed by atoms with Crippen molar-refractivity contribution in [2.45, 2.75) is 27.7 Å². The number of ether oxygens (including phenoxy) is 1. The highest BCUT2D eigenvalue weighted by molar-refractivity contribution is 6.34. The smallest absolute Gasteiger partial charge is 0.338 e. The Bertz CT molecular complexity index is 1440. The van der Waals surface area contributed by atoms with E-state index in [1.54, 1.807) is 30.3 Å². The van der Waals surface area contributed by atoms with Gasteiger partial charge in [0.25, 0.3) is 11.8 Å². The third-order valence-electron chi connectivity index (χ3n) is 6.04. The average Bonchev–Trinajstić information content (AvgIpc) is 3.09. The summed E-state index contributed by atoms with van der Waals surface area (Å²) in [5, 5.41) is 2.62. The first kappa shape index (κ1) is 24.5. The predicted molar refractivity (Wildman–Crippen MR) is 134 cm³/mol. The van der Waals surface area contributed by atoms with Crippen molar-refractivity contribution >= 4 is 40.8 Å². The van der Waals surface area contributed by atoms with Crippen LogP contribution in [0.5, 0.6) is 0 Å². The van der Waals surface area contributed by atoms with Gasteiger partial charge >= 0.3 is 5.97 Å². The highest BCUT2D eigenvalue weighted by Gasteiger charge is 2.37. The number of imide groups is 1. The number of amides is 3. The van der Waals surface area contributed by atoms with Gasteiger partial charge < -0.3 is 10.1 Å². The summed E-state index contributed by atoms with van der Waals surface area (Å²) in [5.74, 6) is -2.45. The van der Waals surface area contributed by atoms with Crippen molar-refractivity contribution in [1.82, 2.24) is 0 Å². The molecule has 0 aliphatic carbocycles. The van der Waals surface area contributed by atoms with E-state index in [4.69, 9.17) is 4.74 Å². The summed E-state index contributed by atoms with van der Waals surface area (Å²) in [7, 11) is 0. The van der Waals surface area contributed by atoms with Crippen LogP contribution < -0.4 is 10.2 Å². The van der Waals surface area contributed by atoms with E-state index in [9.17, 15) is 24.0 Å². The van der Waals surface area contributed by atoms with E-state index in [-0.39, 0.29) is 28.4 Å². The summed E-state index contributed by atoms with van der Waals surface area (Å²) in [4.78, 5) is 63.4. The van der Waals surface area contributed by atoms with E-state index in [1.165, 1.54) is 25.1 Å². The number of carbonyl (C=O) groups is 5. The Labute approximate surface area is 207 Å². The normalized spacial score (nSPS) is 12.4. The number of ketones is 1. The number of fused-ring (bicyclic) bond motifs is 1. The van der Waals surface area contributed by atoms with Gasteiger partial charge in [0.05, 0.1) is 22.4 Å². The molecule has 1 aliphatic rings. The molecule has 0 spiro atoms. The molecular formula is C28H24N2O6. The van der Waals surface area contributed by atoms with Crippen LogP contribution >= 0.6 is 0 Å². The summed E-state index contributed by atoms with van der Waals surface area (Å²) in [6.45, 7) is 6.61. The van der Waals surface area contributed by atoms with Crippen LogP contribution in [0.15, 0.2) is 54.6 Å². The van der Waals surface area contributed by atoms with Crippen LogP contribution in [0.1, 0.15) is 65.0 Å². The molecule has 3 amide bonds. The van der Waals surface area contributed by atoms with Crippen LogP contribution in [0, 0.1) is 20.8 Å². The molecule has 1 aliphatic heterocycles. The minimum absolute atomic E-state index is 0.0577. The third kappa shape index (κ3) is 4.65. The van der Waals surface area contributed by atoms with Gasteiger partial charge in [-0.1, -0.05) is 6.07 Å². The monoisotopic (exact) mass is 484 g/mol. The van der Waals surface area contributed by atoms with Crippen molar-refractivity contribution in [3.8, 4) is 0 Å². The molecular weight excluding hydrogens is 460 g/mol. The predicted octanol–water partition coefficient (Wildman–Crippen LogP) is 4.41. The molecule has 0 saturated heterocycles. The molecule has 1 N–H and O–H groups in total. The van der Waals surface area contributed by atoms with Crippen molar-refractivity contribution < 1.29 is 28.7 Å². The second-order valence-electron chi connectivity index (χ2n) is 8.68. The van der Waals surface area contributed by atoms with E-state index in [1.807, 2.05) is 26.8 Å². The molecule has 0 aromatic heterocycles. The van der Waals surface area contributed by atoms with Crippen molar-refractivity contribution in [3.63, 3.8) is 0 Å². The number of benzene rings is 3. The molecule has 4 rings (SSSR count). The van der Waals surface area contributed by atoms with E-state index < -0.39 is 24.4 Å². The Morgan fingerprint density at radius 2 is 1.44 bits per heavy atom. The van der Waals surface area contributed by atoms with Gasteiger partial charge in [0.1, 0.15) is 0 Å². The largest absolute Gasteiger partial charge is 0.454 e. The van der Waals surface area contributed by atoms with Crippen molar-refractivity contribution in [1.29, 1.82) is 0 Å². The lowest BCUT2D eigenvalue weighted by molar-refractivity contribution is -0.114. The summed E-state index contributed by atoms with van der Waals surface area (Å²) in [6, 6.07) is 14.0. The zero-order chi connectivity index (χ0) is 26.1. The summed E-state index contributed by atoms with van der Waals surface area (Å²) in [6.07, 6.45) is 0. The van der Waals surface area contributed by atoms with Gasteiger partial charge in [-0.25, -0.2) is 9.69 Å². The molecule has 0 bridgehead atoms. The van der Waals surface area contributed by atoms with E-state index in [0.717, 1.165) is 21.6 Å². The fraction of sp³-hybridized carbons (Fsp3) is 0.179. The lowest BCUT2D eigenvalue weighted by Crippen LogP contribution is -2.29. The van der Waals surface area contributed by atoms with Gasteiger partial charge in [0.15, 0.2) is 6.61 Å². The molecule has 182 valence electrons. The van der Waals surface area contributed by atoms with E-state index in [0.29, 0.717) is 16.9 Å². The number of hydrogen-bond acceptors (Lipinski definition) is 6. The highest BCUT2D eigenvalue weighted by atomic mass is 16.5. The Kier molecular flexibility index (Phi) is 6.53. The van der Waals surface area contributed by atoms with Crippen molar-refractivity contribution in [2.24, 2.45) is 0 Å². The standard InChI is InChI=1S/C28H24N2O6/c1-15-11-17(3)23(12-16(15)2)25(32)14-36-28(35)19-5-10-22-24(13-19)27(34)30(26(22)33)21-8-6-20(7-9-21)29-18(4)31/h5-13H,14H2,1-4H3,(H,29,31). The molecule has 8 heteroatoms. The number of esters is 1. The molecule has 0 saturated carbocycles. The molecule has 1 heterocycles.